The number of carbonyl (C=O) groups is 2. The van der Waals surface area contributed by atoms with Crippen LogP contribution < -0.4 is 35.5 Å². The Morgan fingerprint density at radius 2 is 2.18 bits per heavy atom. The van der Waals surface area contributed by atoms with Gasteiger partial charge < -0.3 is 11.0 Å². The van der Waals surface area contributed by atoms with Gasteiger partial charge in [0.25, 0.3) is 0 Å². The van der Waals surface area contributed by atoms with E-state index in [-0.39, 0.29) is 31.0 Å². The molecule has 0 aromatic carbocycles. The number of nitrogens with two attached hydrogens (primary N) is 1. The van der Waals surface area contributed by atoms with Crippen LogP contribution in [0.3, 0.4) is 0 Å². The molecule has 5 nitrogen and oxygen atoms in total. The van der Waals surface area contributed by atoms with Gasteiger partial charge >= 0.3 is 41.5 Å². The van der Waals surface area contributed by atoms with Crippen LogP contribution in [0.1, 0.15) is 1.43 Å². The first-order chi connectivity index (χ1) is 4.70. The molecule has 6 heteroatoms. The van der Waals surface area contributed by atoms with Gasteiger partial charge in [0.2, 0.25) is 0 Å². The van der Waals surface area contributed by atoms with E-state index in [1.807, 2.05) is 0 Å². The summed E-state index contributed by atoms with van der Waals surface area (Å²) in [5.74, 6) is 2.93. The zero-order chi connectivity index (χ0) is 7.98. The third-order valence-electron chi connectivity index (χ3n) is 0.630. The van der Waals surface area contributed by atoms with E-state index in [2.05, 4.69) is 22.1 Å². The summed E-state index contributed by atoms with van der Waals surface area (Å²) in [6.07, 6.45) is 0.934. The zero-order valence-electron chi connectivity index (χ0n) is 7.20. The average molecular weight is 169 g/mol. The van der Waals surface area contributed by atoms with Gasteiger partial charge in [-0.1, -0.05) is 6.58 Å². The summed E-state index contributed by atoms with van der Waals surface area (Å²) in [6, 6.07) is 0. The largest absolute Gasteiger partial charge is 1.00 e. The van der Waals surface area contributed by atoms with E-state index in [0.29, 0.717) is 0 Å². The maximum absolute atomic E-state index is 10.2. The molecule has 0 saturated heterocycles. The standard InChI is InChI=1S/C5H7NO4.Na.H/c1-2-4(7)9-3-5(8)10-6;;/h2H,1,3,6H2;;/q;+1;-1. The zero-order valence-corrected chi connectivity index (χ0v) is 8.20. The van der Waals surface area contributed by atoms with Crippen molar-refractivity contribution in [1.29, 1.82) is 0 Å². The summed E-state index contributed by atoms with van der Waals surface area (Å²) in [5.41, 5.74) is 0. The van der Waals surface area contributed by atoms with Gasteiger partial charge in [-0.3, -0.25) is 0 Å². The van der Waals surface area contributed by atoms with Crippen LogP contribution in [0.5, 0.6) is 0 Å². The molecule has 0 atom stereocenters. The fourth-order valence-corrected chi connectivity index (χ4v) is 0.223. The summed E-state index contributed by atoms with van der Waals surface area (Å²) in [6.45, 7) is 2.62. The minimum absolute atomic E-state index is 0. The maximum Gasteiger partial charge on any atom is 1.00 e. The molecule has 2 N–H and O–H groups in total. The third-order valence-corrected chi connectivity index (χ3v) is 0.630. The second-order valence-electron chi connectivity index (χ2n) is 1.30. The molecular weight excluding hydrogens is 161 g/mol. The van der Waals surface area contributed by atoms with Crippen LogP contribution in [0.15, 0.2) is 12.7 Å². The van der Waals surface area contributed by atoms with Crippen molar-refractivity contribution >= 4 is 11.9 Å². The molecule has 11 heavy (non-hydrogen) atoms. The molecule has 0 aliphatic carbocycles. The van der Waals surface area contributed by atoms with Gasteiger partial charge in [-0.25, -0.2) is 9.59 Å². The van der Waals surface area contributed by atoms with Crippen molar-refractivity contribution in [1.82, 2.24) is 0 Å². The molecule has 0 spiro atoms. The fraction of sp³-hybridized carbons (Fsp3) is 0.200. The summed E-state index contributed by atoms with van der Waals surface area (Å²) >= 11 is 0. The van der Waals surface area contributed by atoms with E-state index >= 15 is 0 Å². The van der Waals surface area contributed by atoms with Crippen molar-refractivity contribution in [2.75, 3.05) is 6.61 Å². The second kappa shape index (κ2) is 7.74. The van der Waals surface area contributed by atoms with E-state index in [1.54, 1.807) is 0 Å². The van der Waals surface area contributed by atoms with Gasteiger partial charge in [-0.2, -0.15) is 5.90 Å². The van der Waals surface area contributed by atoms with Gasteiger partial charge in [0, 0.05) is 6.08 Å². The van der Waals surface area contributed by atoms with E-state index in [4.69, 9.17) is 0 Å². The molecule has 58 valence electrons. The SMILES string of the molecule is C=CC(=O)OCC(=O)ON.[H-].[Na+]. The molecule has 0 unspecified atom stereocenters. The minimum Gasteiger partial charge on any atom is -1.00 e. The van der Waals surface area contributed by atoms with Crippen LogP contribution in [0.4, 0.5) is 0 Å². The first-order valence-corrected chi connectivity index (χ1v) is 2.39. The molecule has 0 aliphatic heterocycles. The van der Waals surface area contributed by atoms with Crippen LogP contribution in [0, 0.1) is 0 Å². The Labute approximate surface area is 87.3 Å². The summed E-state index contributed by atoms with van der Waals surface area (Å²) in [5, 5.41) is 0. The van der Waals surface area contributed by atoms with Gasteiger partial charge in [-0.05, 0) is 0 Å². The normalized spacial score (nSPS) is 7.36. The Balaban J connectivity index is -0.000000405. The van der Waals surface area contributed by atoms with Gasteiger partial charge in [-0.15, -0.1) is 0 Å². The van der Waals surface area contributed by atoms with Gasteiger partial charge in [0.1, 0.15) is 0 Å². The molecule has 0 aromatic rings. The Morgan fingerprint density at radius 1 is 1.64 bits per heavy atom. The summed E-state index contributed by atoms with van der Waals surface area (Å²) in [7, 11) is 0. The van der Waals surface area contributed by atoms with Crippen molar-refractivity contribution in [2.24, 2.45) is 5.90 Å². The van der Waals surface area contributed by atoms with E-state index in [0.717, 1.165) is 6.08 Å². The molecule has 0 bridgehead atoms. The first-order valence-electron chi connectivity index (χ1n) is 2.39. The Bertz CT molecular complexity index is 164. The maximum atomic E-state index is 10.2. The van der Waals surface area contributed by atoms with Crippen LogP contribution in [-0.2, 0) is 19.2 Å². The van der Waals surface area contributed by atoms with Crippen molar-refractivity contribution < 1.29 is 50.1 Å². The molecule has 0 amide bonds. The van der Waals surface area contributed by atoms with Crippen LogP contribution in [-0.4, -0.2) is 18.5 Å². The number of esters is 1. The number of hydrogen-bond acceptors (Lipinski definition) is 5. The minimum atomic E-state index is -0.810. The molecular formula is C5H8NNaO4. The van der Waals surface area contributed by atoms with Crippen LogP contribution in [0.25, 0.3) is 0 Å². The first kappa shape index (κ1) is 13.2. The molecule has 0 aliphatic rings. The second-order valence-corrected chi connectivity index (χ2v) is 1.30. The summed E-state index contributed by atoms with van der Waals surface area (Å²) < 4.78 is 4.23. The predicted octanol–water partition coefficient (Wildman–Crippen LogP) is -3.75. The Kier molecular flexibility index (Phi) is 9.32. The predicted molar refractivity (Wildman–Crippen MR) is 32.5 cm³/mol. The van der Waals surface area contributed by atoms with E-state index in [9.17, 15) is 9.59 Å². The number of carbonyl (C=O) groups excluding carboxylic acids is 2. The van der Waals surface area contributed by atoms with Crippen molar-refractivity contribution in [3.63, 3.8) is 0 Å². The summed E-state index contributed by atoms with van der Waals surface area (Å²) in [4.78, 5) is 24.1. The monoisotopic (exact) mass is 169 g/mol. The molecule has 0 rings (SSSR count). The van der Waals surface area contributed by atoms with E-state index in [1.165, 1.54) is 0 Å². The molecule has 0 aromatic heterocycles. The van der Waals surface area contributed by atoms with Crippen LogP contribution in [0.2, 0.25) is 0 Å². The molecule has 0 radical (unpaired) electrons. The van der Waals surface area contributed by atoms with Gasteiger partial charge in [0.15, 0.2) is 6.61 Å². The average Bonchev–Trinajstić information content (AvgIpc) is 1.99. The Hall–Kier alpha value is -0.360. The molecule has 0 fully saturated rings. The topological polar surface area (TPSA) is 78.6 Å². The van der Waals surface area contributed by atoms with Crippen LogP contribution >= 0.6 is 0 Å². The van der Waals surface area contributed by atoms with Crippen molar-refractivity contribution in [2.45, 2.75) is 0 Å². The number of hydrogen-bond donors (Lipinski definition) is 1. The molecule has 0 heterocycles. The van der Waals surface area contributed by atoms with E-state index < -0.39 is 18.5 Å². The van der Waals surface area contributed by atoms with Gasteiger partial charge in [0.05, 0.1) is 0 Å². The number of rotatable bonds is 3. The smallest absolute Gasteiger partial charge is 1.00 e. The Morgan fingerprint density at radius 3 is 2.55 bits per heavy atom. The quantitative estimate of drug-likeness (QED) is 0.203. The third kappa shape index (κ3) is 7.54. The fourth-order valence-electron chi connectivity index (χ4n) is 0.223. The van der Waals surface area contributed by atoms with Crippen molar-refractivity contribution in [3.8, 4) is 0 Å². The molecule has 0 saturated carbocycles. The number of ether oxygens (including phenoxy) is 1. The van der Waals surface area contributed by atoms with Crippen molar-refractivity contribution in [3.05, 3.63) is 12.7 Å².